The molecule has 0 atom stereocenters. The van der Waals surface area contributed by atoms with Crippen LogP contribution in [0.3, 0.4) is 0 Å². The summed E-state index contributed by atoms with van der Waals surface area (Å²) in [6.45, 7) is -0.417. The number of ether oxygens (including phenoxy) is 2. The lowest BCUT2D eigenvalue weighted by Gasteiger charge is -1.89. The van der Waals surface area contributed by atoms with Gasteiger partial charge in [0.1, 0.15) is 6.61 Å². The van der Waals surface area contributed by atoms with E-state index in [1.807, 2.05) is 24.3 Å². The Balaban J connectivity index is 0.000000171. The lowest BCUT2D eigenvalue weighted by atomic mass is 10.3. The highest BCUT2D eigenvalue weighted by Crippen LogP contribution is 2.30. The maximum atomic E-state index is 9.12. The molecule has 0 fully saturated rings. The molecule has 0 saturated heterocycles. The monoisotopic (exact) mass is 198 g/mol. The van der Waals surface area contributed by atoms with Crippen molar-refractivity contribution in [1.29, 1.82) is 0 Å². The molecule has 1 aliphatic heterocycles. The number of para-hydroxylation sites is 2. The second-order valence-corrected chi connectivity index (χ2v) is 2.41. The van der Waals surface area contributed by atoms with E-state index in [-0.39, 0.29) is 0 Å². The molecule has 0 aromatic heterocycles. The first-order chi connectivity index (χ1) is 6.74. The number of hydrogen-bond donors (Lipinski definition) is 2. The van der Waals surface area contributed by atoms with Gasteiger partial charge < -0.3 is 19.7 Å². The Morgan fingerprint density at radius 2 is 1.71 bits per heavy atom. The van der Waals surface area contributed by atoms with Crippen molar-refractivity contribution in [3.8, 4) is 11.5 Å². The highest BCUT2D eigenvalue weighted by atomic mass is 16.7. The Kier molecular flexibility index (Phi) is 3.75. The van der Waals surface area contributed by atoms with Crippen LogP contribution in [-0.4, -0.2) is 29.6 Å². The number of fused-ring (bicyclic) bond motifs is 1. The number of rotatable bonds is 1. The summed E-state index contributed by atoms with van der Waals surface area (Å²) in [5.74, 6) is 0.500. The zero-order valence-corrected chi connectivity index (χ0v) is 7.34. The number of aliphatic hydroxyl groups excluding tert-OH is 1. The average molecular weight is 198 g/mol. The van der Waals surface area contributed by atoms with Gasteiger partial charge in [0.25, 0.3) is 0 Å². The molecular formula is C9H10O5. The van der Waals surface area contributed by atoms with E-state index in [0.29, 0.717) is 6.79 Å². The van der Waals surface area contributed by atoms with Gasteiger partial charge in [-0.15, -0.1) is 0 Å². The van der Waals surface area contributed by atoms with Crippen molar-refractivity contribution in [2.75, 3.05) is 13.4 Å². The third kappa shape index (κ3) is 2.95. The van der Waals surface area contributed by atoms with Crippen molar-refractivity contribution >= 4 is 5.97 Å². The average Bonchev–Trinajstić information content (AvgIpc) is 2.66. The molecule has 0 spiro atoms. The molecule has 0 unspecified atom stereocenters. The summed E-state index contributed by atoms with van der Waals surface area (Å²) in [6.07, 6.45) is 0. The lowest BCUT2D eigenvalue weighted by Crippen LogP contribution is -1.98. The minimum atomic E-state index is -1.19. The minimum Gasteiger partial charge on any atom is -0.480 e. The van der Waals surface area contributed by atoms with Gasteiger partial charge in [-0.05, 0) is 12.1 Å². The number of aliphatic carboxylic acids is 1. The van der Waals surface area contributed by atoms with Gasteiger partial charge in [0.05, 0.1) is 0 Å². The van der Waals surface area contributed by atoms with E-state index in [1.165, 1.54) is 0 Å². The molecule has 2 rings (SSSR count). The van der Waals surface area contributed by atoms with E-state index >= 15 is 0 Å². The molecule has 1 aromatic carbocycles. The minimum absolute atomic E-state index is 0.360. The smallest absolute Gasteiger partial charge is 0.329 e. The molecule has 2 N–H and O–H groups in total. The Morgan fingerprint density at radius 1 is 1.29 bits per heavy atom. The topological polar surface area (TPSA) is 76.0 Å². The molecule has 0 saturated carbocycles. The maximum Gasteiger partial charge on any atom is 0.329 e. The fourth-order valence-corrected chi connectivity index (χ4v) is 0.845. The van der Waals surface area contributed by atoms with Crippen LogP contribution < -0.4 is 9.47 Å². The van der Waals surface area contributed by atoms with E-state index in [1.54, 1.807) is 0 Å². The first-order valence-electron chi connectivity index (χ1n) is 3.91. The van der Waals surface area contributed by atoms with Crippen molar-refractivity contribution < 1.29 is 24.5 Å². The molecule has 14 heavy (non-hydrogen) atoms. The van der Waals surface area contributed by atoms with Crippen LogP contribution in [0, 0.1) is 0 Å². The quantitative estimate of drug-likeness (QED) is 0.686. The van der Waals surface area contributed by atoms with Gasteiger partial charge in [-0.25, -0.2) is 4.79 Å². The Bertz CT molecular complexity index is 287. The predicted octanol–water partition coefficient (Wildman–Crippen LogP) is 0.479. The second-order valence-electron chi connectivity index (χ2n) is 2.41. The lowest BCUT2D eigenvalue weighted by molar-refractivity contribution is -0.140. The van der Waals surface area contributed by atoms with Crippen molar-refractivity contribution in [3.05, 3.63) is 24.3 Å². The molecule has 1 aromatic rings. The number of benzene rings is 1. The number of carboxylic acid groups (broad SMARTS) is 1. The second kappa shape index (κ2) is 5.08. The maximum absolute atomic E-state index is 9.12. The van der Waals surface area contributed by atoms with Crippen molar-refractivity contribution in [3.63, 3.8) is 0 Å². The van der Waals surface area contributed by atoms with Crippen molar-refractivity contribution in [2.24, 2.45) is 0 Å². The van der Waals surface area contributed by atoms with E-state index < -0.39 is 12.6 Å². The molecule has 5 nitrogen and oxygen atoms in total. The summed E-state index contributed by atoms with van der Waals surface area (Å²) in [5, 5.41) is 15.0. The van der Waals surface area contributed by atoms with E-state index in [4.69, 9.17) is 24.5 Å². The van der Waals surface area contributed by atoms with Crippen LogP contribution in [0.15, 0.2) is 24.3 Å². The summed E-state index contributed by atoms with van der Waals surface area (Å²) in [7, 11) is 0. The van der Waals surface area contributed by atoms with E-state index in [9.17, 15) is 0 Å². The highest BCUT2D eigenvalue weighted by Gasteiger charge is 2.09. The first kappa shape index (κ1) is 10.3. The van der Waals surface area contributed by atoms with Crippen LogP contribution in [0.2, 0.25) is 0 Å². The molecule has 0 radical (unpaired) electrons. The molecule has 0 bridgehead atoms. The van der Waals surface area contributed by atoms with Crippen LogP contribution in [-0.2, 0) is 4.79 Å². The van der Waals surface area contributed by atoms with Crippen LogP contribution in [0.1, 0.15) is 0 Å². The van der Waals surface area contributed by atoms with Gasteiger partial charge in [0.2, 0.25) is 6.79 Å². The highest BCUT2D eigenvalue weighted by molar-refractivity contribution is 5.67. The van der Waals surface area contributed by atoms with Gasteiger partial charge in [0.15, 0.2) is 11.5 Å². The molecule has 5 heteroatoms. The number of carbonyl (C=O) groups is 1. The van der Waals surface area contributed by atoms with Crippen LogP contribution in [0.5, 0.6) is 11.5 Å². The first-order valence-corrected chi connectivity index (χ1v) is 3.91. The van der Waals surface area contributed by atoms with Gasteiger partial charge >= 0.3 is 5.97 Å². The summed E-state index contributed by atoms with van der Waals surface area (Å²) in [6, 6.07) is 7.63. The van der Waals surface area contributed by atoms with E-state index in [0.717, 1.165) is 11.5 Å². The Hall–Kier alpha value is -1.75. The fraction of sp³-hybridized carbons (Fsp3) is 0.222. The van der Waals surface area contributed by atoms with Gasteiger partial charge in [0, 0.05) is 0 Å². The van der Waals surface area contributed by atoms with Gasteiger partial charge in [-0.2, -0.15) is 0 Å². The summed E-state index contributed by atoms with van der Waals surface area (Å²) in [4.78, 5) is 9.12. The number of carboxylic acids is 1. The molecule has 0 amide bonds. The van der Waals surface area contributed by atoms with Gasteiger partial charge in [-0.1, -0.05) is 12.1 Å². The largest absolute Gasteiger partial charge is 0.480 e. The standard InChI is InChI=1S/C7H6O2.C2H4O3/c1-2-4-7-6(3-1)8-5-9-7;3-1-2(4)5/h1-4H,5H2;3H,1H2,(H,4,5). The summed E-state index contributed by atoms with van der Waals surface area (Å²) >= 11 is 0. The predicted molar refractivity (Wildman–Crippen MR) is 47.3 cm³/mol. The molecule has 0 aliphatic carbocycles. The van der Waals surface area contributed by atoms with E-state index in [2.05, 4.69) is 0 Å². The third-order valence-electron chi connectivity index (χ3n) is 1.41. The Labute approximate surface area is 80.5 Å². The SMILES string of the molecule is O=C(O)CO.c1ccc2c(c1)OCO2. The molecule has 1 heterocycles. The van der Waals surface area contributed by atoms with Crippen LogP contribution in [0.4, 0.5) is 0 Å². The van der Waals surface area contributed by atoms with Crippen molar-refractivity contribution in [2.45, 2.75) is 0 Å². The molecule has 1 aliphatic rings. The Morgan fingerprint density at radius 3 is 2.07 bits per heavy atom. The van der Waals surface area contributed by atoms with Crippen LogP contribution in [0.25, 0.3) is 0 Å². The van der Waals surface area contributed by atoms with Crippen molar-refractivity contribution in [1.82, 2.24) is 0 Å². The molecule has 76 valence electrons. The third-order valence-corrected chi connectivity index (χ3v) is 1.41. The summed E-state index contributed by atoms with van der Waals surface area (Å²) in [5.41, 5.74) is 0. The summed E-state index contributed by atoms with van der Waals surface area (Å²) < 4.78 is 10.2. The normalized spacial score (nSPS) is 11.5. The number of hydrogen-bond acceptors (Lipinski definition) is 4. The fourth-order valence-electron chi connectivity index (χ4n) is 0.845. The van der Waals surface area contributed by atoms with Gasteiger partial charge in [-0.3, -0.25) is 0 Å². The number of aliphatic hydroxyl groups is 1. The molecular weight excluding hydrogens is 188 g/mol. The zero-order chi connectivity index (χ0) is 10.4. The zero-order valence-electron chi connectivity index (χ0n) is 7.34. The van der Waals surface area contributed by atoms with Crippen LogP contribution >= 0.6 is 0 Å².